The second-order valence-corrected chi connectivity index (χ2v) is 5.58. The van der Waals surface area contributed by atoms with Gasteiger partial charge in [-0.1, -0.05) is 12.1 Å². The topological polar surface area (TPSA) is 67.9 Å². The fourth-order valence-corrected chi connectivity index (χ4v) is 2.29. The van der Waals surface area contributed by atoms with Gasteiger partial charge in [0.25, 0.3) is 5.91 Å². The third kappa shape index (κ3) is 4.66. The number of likely N-dealkylation sites (tertiary alicyclic amines) is 1. The van der Waals surface area contributed by atoms with E-state index in [9.17, 15) is 14.0 Å². The minimum atomic E-state index is -0.506. The molecule has 1 atom stereocenters. The number of hydrogen-bond donors (Lipinski definition) is 1. The number of carbonyl (C=O) groups excluding carboxylic acids is 2. The van der Waals surface area contributed by atoms with Crippen LogP contribution in [0.15, 0.2) is 24.3 Å². The molecule has 1 heterocycles. The molecular weight excluding hydrogens is 303 g/mol. The Kier molecular flexibility index (Phi) is 5.92. The maximum atomic E-state index is 13.4. The first-order valence-corrected chi connectivity index (χ1v) is 7.45. The Morgan fingerprint density at radius 1 is 1.39 bits per heavy atom. The highest BCUT2D eigenvalue weighted by atomic mass is 19.1. The molecule has 1 aliphatic heterocycles. The number of para-hydroxylation sites is 1. The summed E-state index contributed by atoms with van der Waals surface area (Å²) in [6, 6.07) is 5.85. The first-order valence-electron chi connectivity index (χ1n) is 7.45. The van der Waals surface area contributed by atoms with Crippen LogP contribution >= 0.6 is 0 Å². The van der Waals surface area contributed by atoms with E-state index in [0.717, 1.165) is 0 Å². The van der Waals surface area contributed by atoms with Gasteiger partial charge in [-0.05, 0) is 19.1 Å². The van der Waals surface area contributed by atoms with E-state index in [1.807, 2.05) is 6.92 Å². The molecule has 1 aromatic rings. The van der Waals surface area contributed by atoms with Crippen molar-refractivity contribution < 1.29 is 23.5 Å². The number of amides is 2. The van der Waals surface area contributed by atoms with Gasteiger partial charge in [0.15, 0.2) is 18.2 Å². The molecule has 2 rings (SSSR count). The smallest absolute Gasteiger partial charge is 0.260 e. The Labute approximate surface area is 134 Å². The van der Waals surface area contributed by atoms with Gasteiger partial charge in [0.1, 0.15) is 0 Å². The fraction of sp³-hybridized carbons (Fsp3) is 0.500. The lowest BCUT2D eigenvalue weighted by atomic mass is 9.99. The van der Waals surface area contributed by atoms with Crippen LogP contribution in [0.4, 0.5) is 4.39 Å². The molecule has 126 valence electrons. The third-order valence-electron chi connectivity index (χ3n) is 3.60. The van der Waals surface area contributed by atoms with Crippen molar-refractivity contribution in [2.45, 2.75) is 13.0 Å². The molecule has 1 aromatic carbocycles. The highest BCUT2D eigenvalue weighted by molar-refractivity contribution is 5.85. The first-order chi connectivity index (χ1) is 11.0. The van der Waals surface area contributed by atoms with Crippen molar-refractivity contribution in [3.05, 3.63) is 30.1 Å². The summed E-state index contributed by atoms with van der Waals surface area (Å²) in [5, 5.41) is 2.82. The highest BCUT2D eigenvalue weighted by Crippen LogP contribution is 2.18. The maximum absolute atomic E-state index is 13.4. The fourth-order valence-electron chi connectivity index (χ4n) is 2.29. The summed E-state index contributed by atoms with van der Waals surface area (Å²) in [6.07, 6.45) is 0. The number of hydrogen-bond acceptors (Lipinski definition) is 4. The molecule has 1 aliphatic rings. The number of nitrogens with zero attached hydrogens (tertiary/aromatic N) is 1. The molecule has 0 saturated carbocycles. The molecule has 0 bridgehead atoms. The molecule has 23 heavy (non-hydrogen) atoms. The quantitative estimate of drug-likeness (QED) is 0.806. The van der Waals surface area contributed by atoms with Crippen LogP contribution < -0.4 is 10.1 Å². The monoisotopic (exact) mass is 324 g/mol. The summed E-state index contributed by atoms with van der Waals surface area (Å²) in [5.74, 6) is -1.03. The maximum Gasteiger partial charge on any atom is 0.260 e. The summed E-state index contributed by atoms with van der Waals surface area (Å²) >= 11 is 0. The van der Waals surface area contributed by atoms with E-state index < -0.39 is 5.82 Å². The molecule has 0 spiro atoms. The Morgan fingerprint density at radius 2 is 2.09 bits per heavy atom. The Bertz CT molecular complexity index is 561. The van der Waals surface area contributed by atoms with Crippen molar-refractivity contribution in [2.75, 3.05) is 33.4 Å². The van der Waals surface area contributed by atoms with Crippen LogP contribution in [0.2, 0.25) is 0 Å². The van der Waals surface area contributed by atoms with Crippen LogP contribution in [0.25, 0.3) is 0 Å². The Hall–Kier alpha value is -2.15. The highest BCUT2D eigenvalue weighted by Gasteiger charge is 2.36. The summed E-state index contributed by atoms with van der Waals surface area (Å²) in [5.41, 5.74) is 0. The molecule has 2 amide bonds. The van der Waals surface area contributed by atoms with Crippen molar-refractivity contribution in [2.24, 2.45) is 5.92 Å². The largest absolute Gasteiger partial charge is 0.481 e. The van der Waals surface area contributed by atoms with Gasteiger partial charge in [-0.25, -0.2) is 4.39 Å². The number of carbonyl (C=O) groups is 2. The normalized spacial score (nSPS) is 15.7. The summed E-state index contributed by atoms with van der Waals surface area (Å²) < 4.78 is 23.5. The molecule has 1 saturated heterocycles. The molecule has 7 heteroatoms. The number of rotatable bonds is 7. The lowest BCUT2D eigenvalue weighted by molar-refractivity contribution is -0.145. The van der Waals surface area contributed by atoms with Gasteiger partial charge in [-0.3, -0.25) is 9.59 Å². The average Bonchev–Trinajstić information content (AvgIpc) is 2.45. The Balaban J connectivity index is 1.71. The van der Waals surface area contributed by atoms with Crippen molar-refractivity contribution in [1.29, 1.82) is 0 Å². The molecule has 6 nitrogen and oxygen atoms in total. The van der Waals surface area contributed by atoms with Crippen molar-refractivity contribution in [1.82, 2.24) is 10.2 Å². The van der Waals surface area contributed by atoms with Gasteiger partial charge < -0.3 is 19.7 Å². The van der Waals surface area contributed by atoms with Crippen LogP contribution in [0.3, 0.4) is 0 Å². The van der Waals surface area contributed by atoms with Crippen molar-refractivity contribution in [3.8, 4) is 5.75 Å². The van der Waals surface area contributed by atoms with Gasteiger partial charge in [-0.2, -0.15) is 0 Å². The lowest BCUT2D eigenvalue weighted by Gasteiger charge is -2.38. The predicted octanol–water partition coefficient (Wildman–Crippen LogP) is 0.814. The van der Waals surface area contributed by atoms with Gasteiger partial charge in [0.05, 0.1) is 12.5 Å². The van der Waals surface area contributed by atoms with Crippen molar-refractivity contribution in [3.63, 3.8) is 0 Å². The van der Waals surface area contributed by atoms with Gasteiger partial charge in [-0.15, -0.1) is 0 Å². The first kappa shape index (κ1) is 17.2. The number of nitrogens with one attached hydrogen (secondary N) is 1. The SMILES string of the molecule is COCC(C)NC(=O)C1CN(C(=O)COc2ccccc2F)C1. The molecular formula is C16H21FN2O4. The van der Waals surface area contributed by atoms with E-state index in [0.29, 0.717) is 19.7 Å². The van der Waals surface area contributed by atoms with E-state index in [4.69, 9.17) is 9.47 Å². The molecule has 0 aliphatic carbocycles. The molecule has 1 unspecified atom stereocenters. The van der Waals surface area contributed by atoms with Gasteiger partial charge in [0, 0.05) is 26.2 Å². The van der Waals surface area contributed by atoms with Gasteiger partial charge in [0.2, 0.25) is 5.91 Å². The van der Waals surface area contributed by atoms with E-state index in [-0.39, 0.29) is 36.1 Å². The van der Waals surface area contributed by atoms with E-state index in [2.05, 4.69) is 5.32 Å². The zero-order valence-electron chi connectivity index (χ0n) is 13.3. The summed E-state index contributed by atoms with van der Waals surface area (Å²) in [7, 11) is 1.57. The molecule has 1 N–H and O–H groups in total. The van der Waals surface area contributed by atoms with Gasteiger partial charge >= 0.3 is 0 Å². The van der Waals surface area contributed by atoms with E-state index in [1.165, 1.54) is 17.0 Å². The average molecular weight is 324 g/mol. The number of halogens is 1. The van der Waals surface area contributed by atoms with Crippen LogP contribution in [-0.4, -0.2) is 56.2 Å². The molecule has 1 fully saturated rings. The van der Waals surface area contributed by atoms with E-state index >= 15 is 0 Å². The van der Waals surface area contributed by atoms with Crippen molar-refractivity contribution >= 4 is 11.8 Å². The second-order valence-electron chi connectivity index (χ2n) is 5.58. The van der Waals surface area contributed by atoms with E-state index in [1.54, 1.807) is 19.2 Å². The predicted molar refractivity (Wildman–Crippen MR) is 81.4 cm³/mol. The van der Waals surface area contributed by atoms with Crippen LogP contribution in [0, 0.1) is 11.7 Å². The minimum Gasteiger partial charge on any atom is -0.481 e. The molecule has 0 radical (unpaired) electrons. The van der Waals surface area contributed by atoms with Crippen LogP contribution in [0.5, 0.6) is 5.75 Å². The lowest BCUT2D eigenvalue weighted by Crippen LogP contribution is -2.57. The number of ether oxygens (including phenoxy) is 2. The second kappa shape index (κ2) is 7.92. The van der Waals surface area contributed by atoms with Crippen LogP contribution in [-0.2, 0) is 14.3 Å². The summed E-state index contributed by atoms with van der Waals surface area (Å²) in [6.45, 7) is 2.76. The number of methoxy groups -OCH3 is 1. The number of benzene rings is 1. The Morgan fingerprint density at radius 3 is 2.74 bits per heavy atom. The molecule has 0 aromatic heterocycles. The third-order valence-corrected chi connectivity index (χ3v) is 3.60. The minimum absolute atomic E-state index is 0.0454. The van der Waals surface area contributed by atoms with Crippen LogP contribution in [0.1, 0.15) is 6.92 Å². The zero-order chi connectivity index (χ0) is 16.8. The summed E-state index contributed by atoms with van der Waals surface area (Å²) in [4.78, 5) is 25.4. The standard InChI is InChI=1S/C16H21FN2O4/c1-11(9-22-2)18-16(21)12-7-19(8-12)15(20)10-23-14-6-4-3-5-13(14)17/h3-6,11-12H,7-10H2,1-2H3,(H,18,21). The zero-order valence-corrected chi connectivity index (χ0v) is 13.3.